The average Bonchev–Trinajstić information content (AvgIpc) is 2.93. The van der Waals surface area contributed by atoms with Crippen LogP contribution in [0.1, 0.15) is 19.8 Å². The maximum absolute atomic E-state index is 11.3. The van der Waals surface area contributed by atoms with E-state index in [2.05, 4.69) is 0 Å². The van der Waals surface area contributed by atoms with Crippen LogP contribution >= 0.6 is 0 Å². The van der Waals surface area contributed by atoms with Gasteiger partial charge in [0.15, 0.2) is 6.29 Å². The van der Waals surface area contributed by atoms with E-state index >= 15 is 0 Å². The molecule has 0 spiro atoms. The molecule has 0 bridgehead atoms. The van der Waals surface area contributed by atoms with Crippen LogP contribution in [0.2, 0.25) is 0 Å². The molecule has 1 saturated heterocycles. The Kier molecular flexibility index (Phi) is 6.92. The normalized spacial score (nSPS) is 37.4. The monoisotopic (exact) mass is 362 g/mol. The molecule has 0 aromatic rings. The number of aliphatic hydroxyl groups is 5. The molecule has 1 fully saturated rings. The Balaban J connectivity index is 2.05. The zero-order chi connectivity index (χ0) is 18.7. The average molecular weight is 362 g/mol. The first-order valence-corrected chi connectivity index (χ1v) is 8.26. The first-order chi connectivity index (χ1) is 11.8. The molecule has 6 N–H and O–H groups in total. The predicted molar refractivity (Wildman–Crippen MR) is 83.4 cm³/mol. The lowest BCUT2D eigenvalue weighted by atomic mass is 9.87. The van der Waals surface area contributed by atoms with E-state index in [0.717, 1.165) is 11.1 Å². The van der Waals surface area contributed by atoms with Gasteiger partial charge in [0.2, 0.25) is 0 Å². The molecular weight excluding hydrogens is 336 g/mol. The lowest BCUT2D eigenvalue weighted by molar-refractivity contribution is -0.299. The summed E-state index contributed by atoms with van der Waals surface area (Å²) in [5.41, 5.74) is 1.67. The van der Waals surface area contributed by atoms with Crippen molar-refractivity contribution in [3.8, 4) is 0 Å². The van der Waals surface area contributed by atoms with E-state index in [-0.39, 0.29) is 12.5 Å². The highest BCUT2D eigenvalue weighted by atomic mass is 16.7. The number of hydrogen-bond acceptors (Lipinski definition) is 8. The topological polar surface area (TPSA) is 157 Å². The largest absolute Gasteiger partial charge is 0.481 e. The van der Waals surface area contributed by atoms with Gasteiger partial charge in [-0.15, -0.1) is 0 Å². The second-order valence-corrected chi connectivity index (χ2v) is 6.59. The van der Waals surface area contributed by atoms with Gasteiger partial charge in [-0.05, 0) is 31.3 Å². The van der Waals surface area contributed by atoms with E-state index in [1.165, 1.54) is 0 Å². The van der Waals surface area contributed by atoms with Crippen LogP contribution in [-0.2, 0) is 14.3 Å². The van der Waals surface area contributed by atoms with Crippen molar-refractivity contribution in [2.75, 3.05) is 19.8 Å². The van der Waals surface area contributed by atoms with Crippen molar-refractivity contribution in [3.05, 3.63) is 11.1 Å². The molecule has 144 valence electrons. The van der Waals surface area contributed by atoms with Crippen molar-refractivity contribution in [2.45, 2.75) is 50.5 Å². The highest BCUT2D eigenvalue weighted by Gasteiger charge is 2.44. The molecule has 0 amide bonds. The van der Waals surface area contributed by atoms with E-state index < -0.39 is 55.8 Å². The van der Waals surface area contributed by atoms with Crippen molar-refractivity contribution in [3.63, 3.8) is 0 Å². The van der Waals surface area contributed by atoms with Crippen LogP contribution in [-0.4, -0.2) is 87.1 Å². The number of ether oxygens (including phenoxy) is 2. The van der Waals surface area contributed by atoms with E-state index in [1.807, 2.05) is 6.92 Å². The fraction of sp³-hybridized carbons (Fsp3) is 0.812. The van der Waals surface area contributed by atoms with E-state index in [0.29, 0.717) is 12.8 Å². The molecule has 9 nitrogen and oxygen atoms in total. The minimum absolute atomic E-state index is 0.0387. The van der Waals surface area contributed by atoms with E-state index in [4.69, 9.17) is 9.47 Å². The number of aliphatic hydroxyl groups excluding tert-OH is 5. The van der Waals surface area contributed by atoms with Gasteiger partial charge < -0.3 is 40.1 Å². The standard InChI is InChI=1S/C16H26O9/c1-7-2-3-8(9(4-17)15(22)23)10(7)6-24-16-14(21)13(20)12(19)11(5-18)25-16/h8-9,11-14,16-21H,2-6H2,1H3,(H,22,23)/t8-,9+,11-,12+,13+,14+,16-/m0/s1. The molecule has 1 aliphatic heterocycles. The number of carbonyl (C=O) groups is 1. The van der Waals surface area contributed by atoms with Crippen molar-refractivity contribution < 1.29 is 44.9 Å². The molecule has 1 heterocycles. The van der Waals surface area contributed by atoms with Gasteiger partial charge in [-0.1, -0.05) is 5.57 Å². The Morgan fingerprint density at radius 2 is 1.92 bits per heavy atom. The third-order valence-corrected chi connectivity index (χ3v) is 5.08. The predicted octanol–water partition coefficient (Wildman–Crippen LogP) is -1.78. The maximum Gasteiger partial charge on any atom is 0.309 e. The molecule has 7 atom stereocenters. The second-order valence-electron chi connectivity index (χ2n) is 6.59. The molecule has 0 aromatic carbocycles. The summed E-state index contributed by atoms with van der Waals surface area (Å²) in [6.07, 6.45) is -5.58. The van der Waals surface area contributed by atoms with Crippen LogP contribution in [0, 0.1) is 11.8 Å². The molecule has 0 aromatic heterocycles. The minimum atomic E-state index is -1.53. The van der Waals surface area contributed by atoms with Gasteiger partial charge >= 0.3 is 5.97 Å². The van der Waals surface area contributed by atoms with Crippen LogP contribution in [0.3, 0.4) is 0 Å². The highest BCUT2D eigenvalue weighted by Crippen LogP contribution is 2.37. The van der Waals surface area contributed by atoms with E-state index in [9.17, 15) is 35.4 Å². The first-order valence-electron chi connectivity index (χ1n) is 8.26. The molecule has 0 unspecified atom stereocenters. The number of allylic oxidation sites excluding steroid dienone is 1. The molecule has 0 radical (unpaired) electrons. The maximum atomic E-state index is 11.3. The van der Waals surface area contributed by atoms with Gasteiger partial charge in [0.05, 0.1) is 25.7 Å². The molecule has 2 aliphatic rings. The van der Waals surface area contributed by atoms with Crippen LogP contribution in [0.4, 0.5) is 0 Å². The number of carboxylic acid groups (broad SMARTS) is 1. The Morgan fingerprint density at radius 1 is 1.24 bits per heavy atom. The molecule has 25 heavy (non-hydrogen) atoms. The Labute approximate surface area is 145 Å². The summed E-state index contributed by atoms with van der Waals surface area (Å²) in [5.74, 6) is -2.41. The summed E-state index contributed by atoms with van der Waals surface area (Å²) in [6, 6.07) is 0. The first kappa shape index (κ1) is 20.2. The molecule has 0 saturated carbocycles. The highest BCUT2D eigenvalue weighted by molar-refractivity contribution is 5.71. The molecule has 1 aliphatic carbocycles. The summed E-state index contributed by atoms with van der Waals surface area (Å²) in [7, 11) is 0. The summed E-state index contributed by atoms with van der Waals surface area (Å²) in [4.78, 5) is 11.3. The number of hydrogen-bond donors (Lipinski definition) is 6. The van der Waals surface area contributed by atoms with Crippen molar-refractivity contribution in [1.29, 1.82) is 0 Å². The number of aliphatic carboxylic acids is 1. The van der Waals surface area contributed by atoms with Crippen LogP contribution in [0.5, 0.6) is 0 Å². The Morgan fingerprint density at radius 3 is 2.48 bits per heavy atom. The molecular formula is C16H26O9. The molecule has 2 rings (SSSR count). The quantitative estimate of drug-likeness (QED) is 0.288. The fourth-order valence-corrected chi connectivity index (χ4v) is 3.45. The van der Waals surface area contributed by atoms with Gasteiger partial charge in [0, 0.05) is 0 Å². The smallest absolute Gasteiger partial charge is 0.309 e. The van der Waals surface area contributed by atoms with Crippen molar-refractivity contribution in [2.24, 2.45) is 11.8 Å². The zero-order valence-electron chi connectivity index (χ0n) is 14.0. The van der Waals surface area contributed by atoms with Gasteiger partial charge in [0.25, 0.3) is 0 Å². The fourth-order valence-electron chi connectivity index (χ4n) is 3.45. The van der Waals surface area contributed by atoms with Gasteiger partial charge in [-0.2, -0.15) is 0 Å². The third-order valence-electron chi connectivity index (χ3n) is 5.08. The SMILES string of the molecule is CC1=C(CO[C@H]2O[C@@H](CO)[C@@H](O)[C@@H](O)[C@H]2O)[C@H]([C@@H](CO)C(=O)O)CC1. The molecule has 9 heteroatoms. The number of carboxylic acids is 1. The Hall–Kier alpha value is -1.07. The summed E-state index contributed by atoms with van der Waals surface area (Å²) < 4.78 is 10.8. The number of rotatable bonds is 7. The minimum Gasteiger partial charge on any atom is -0.481 e. The summed E-state index contributed by atoms with van der Waals surface area (Å²) in [6.45, 7) is 0.767. The Bertz CT molecular complexity index is 504. The zero-order valence-corrected chi connectivity index (χ0v) is 14.0. The lowest BCUT2D eigenvalue weighted by Gasteiger charge is -2.39. The van der Waals surface area contributed by atoms with Gasteiger partial charge in [0.1, 0.15) is 24.4 Å². The van der Waals surface area contributed by atoms with E-state index in [1.54, 1.807) is 0 Å². The van der Waals surface area contributed by atoms with Crippen LogP contribution < -0.4 is 0 Å². The van der Waals surface area contributed by atoms with Gasteiger partial charge in [-0.25, -0.2) is 0 Å². The summed E-state index contributed by atoms with van der Waals surface area (Å²) in [5, 5.41) is 57.3. The third kappa shape index (κ3) is 4.20. The van der Waals surface area contributed by atoms with Crippen molar-refractivity contribution in [1.82, 2.24) is 0 Å². The van der Waals surface area contributed by atoms with Crippen LogP contribution in [0.15, 0.2) is 11.1 Å². The lowest BCUT2D eigenvalue weighted by Crippen LogP contribution is -2.59. The summed E-state index contributed by atoms with van der Waals surface area (Å²) >= 11 is 0. The van der Waals surface area contributed by atoms with Gasteiger partial charge in [-0.3, -0.25) is 4.79 Å². The second kappa shape index (κ2) is 8.54. The van der Waals surface area contributed by atoms with Crippen LogP contribution in [0.25, 0.3) is 0 Å². The van der Waals surface area contributed by atoms with Crippen molar-refractivity contribution >= 4 is 5.97 Å².